The number of rotatable bonds is 4. The molecule has 1 aromatic carbocycles. The van der Waals surface area contributed by atoms with E-state index in [-0.39, 0.29) is 23.7 Å². The highest BCUT2D eigenvalue weighted by Gasteiger charge is 2.24. The van der Waals surface area contributed by atoms with Crippen molar-refractivity contribution in [2.75, 3.05) is 17.7 Å². The summed E-state index contributed by atoms with van der Waals surface area (Å²) in [6.07, 6.45) is 4.59. The second-order valence-electron chi connectivity index (χ2n) is 5.19. The molecule has 2 N–H and O–H groups in total. The second kappa shape index (κ2) is 6.70. The van der Waals surface area contributed by atoms with Crippen molar-refractivity contribution in [3.05, 3.63) is 24.0 Å². The number of halogens is 1. The van der Waals surface area contributed by atoms with E-state index in [0.717, 1.165) is 24.9 Å². The number of nitrogens with one attached hydrogen (secondary N) is 2. The van der Waals surface area contributed by atoms with Crippen molar-refractivity contribution < 1.29 is 13.9 Å². The van der Waals surface area contributed by atoms with Crippen LogP contribution >= 0.6 is 0 Å². The number of carbonyl (C=O) groups is 1. The fourth-order valence-corrected chi connectivity index (χ4v) is 2.66. The molecule has 0 heterocycles. The maximum atomic E-state index is 13.6. The second-order valence-corrected chi connectivity index (χ2v) is 5.19. The summed E-state index contributed by atoms with van der Waals surface area (Å²) in [5.41, 5.74) is 0.997. The number of hydrogen-bond acceptors (Lipinski definition) is 3. The summed E-state index contributed by atoms with van der Waals surface area (Å²) in [5, 5.41) is 5.87. The number of amides is 1. The molecule has 0 aromatic heterocycles. The smallest absolute Gasteiger partial charge is 0.221 e. The SMILES string of the molecule is COC1CCCCC1Nc1ccc(F)c(NC(C)=O)c1. The number of benzene rings is 1. The van der Waals surface area contributed by atoms with Gasteiger partial charge in [-0.2, -0.15) is 0 Å². The van der Waals surface area contributed by atoms with Crippen molar-refractivity contribution in [3.8, 4) is 0 Å². The van der Waals surface area contributed by atoms with Crippen LogP contribution in [0.2, 0.25) is 0 Å². The third-order valence-electron chi connectivity index (χ3n) is 3.63. The molecule has 0 saturated heterocycles. The van der Waals surface area contributed by atoms with Crippen molar-refractivity contribution in [2.24, 2.45) is 0 Å². The Labute approximate surface area is 118 Å². The molecular formula is C15H21FN2O2. The van der Waals surface area contributed by atoms with E-state index in [9.17, 15) is 9.18 Å². The largest absolute Gasteiger partial charge is 0.380 e. The Kier molecular flexibility index (Phi) is 4.95. The predicted molar refractivity (Wildman–Crippen MR) is 77.4 cm³/mol. The van der Waals surface area contributed by atoms with Crippen LogP contribution in [0.15, 0.2) is 18.2 Å². The molecule has 0 aliphatic heterocycles. The van der Waals surface area contributed by atoms with Gasteiger partial charge in [-0.25, -0.2) is 4.39 Å². The van der Waals surface area contributed by atoms with E-state index < -0.39 is 5.82 Å². The first-order valence-electron chi connectivity index (χ1n) is 6.96. The summed E-state index contributed by atoms with van der Waals surface area (Å²) < 4.78 is 19.1. The molecule has 20 heavy (non-hydrogen) atoms. The number of carbonyl (C=O) groups excluding carboxylic acids is 1. The zero-order chi connectivity index (χ0) is 14.5. The van der Waals surface area contributed by atoms with Crippen LogP contribution in [0.25, 0.3) is 0 Å². The van der Waals surface area contributed by atoms with Crippen LogP contribution in [-0.4, -0.2) is 25.2 Å². The van der Waals surface area contributed by atoms with E-state index in [1.54, 1.807) is 19.2 Å². The normalized spacial score (nSPS) is 22.4. The number of anilines is 2. The first kappa shape index (κ1) is 14.8. The van der Waals surface area contributed by atoms with Crippen molar-refractivity contribution in [1.82, 2.24) is 0 Å². The van der Waals surface area contributed by atoms with Gasteiger partial charge in [0.2, 0.25) is 5.91 Å². The summed E-state index contributed by atoms with van der Waals surface area (Å²) in [5.74, 6) is -0.717. The maximum absolute atomic E-state index is 13.6. The summed E-state index contributed by atoms with van der Waals surface area (Å²) in [4.78, 5) is 11.0. The molecule has 110 valence electrons. The minimum absolute atomic E-state index is 0.179. The Morgan fingerprint density at radius 2 is 2.10 bits per heavy atom. The Morgan fingerprint density at radius 1 is 1.35 bits per heavy atom. The zero-order valence-electron chi connectivity index (χ0n) is 11.9. The average molecular weight is 280 g/mol. The van der Waals surface area contributed by atoms with Gasteiger partial charge in [-0.15, -0.1) is 0 Å². The first-order chi connectivity index (χ1) is 9.60. The summed E-state index contributed by atoms with van der Waals surface area (Å²) in [7, 11) is 1.72. The third-order valence-corrected chi connectivity index (χ3v) is 3.63. The Morgan fingerprint density at radius 3 is 2.80 bits per heavy atom. The molecule has 1 fully saturated rings. The average Bonchev–Trinajstić information content (AvgIpc) is 2.42. The summed E-state index contributed by atoms with van der Waals surface area (Å²) in [6.45, 7) is 1.36. The van der Waals surface area contributed by atoms with Crippen LogP contribution in [-0.2, 0) is 9.53 Å². The fourth-order valence-electron chi connectivity index (χ4n) is 2.66. The van der Waals surface area contributed by atoms with Crippen LogP contribution in [0.3, 0.4) is 0 Å². The quantitative estimate of drug-likeness (QED) is 0.890. The lowest BCUT2D eigenvalue weighted by molar-refractivity contribution is -0.114. The summed E-state index contributed by atoms with van der Waals surface area (Å²) >= 11 is 0. The van der Waals surface area contributed by atoms with Gasteiger partial charge in [0.15, 0.2) is 0 Å². The maximum Gasteiger partial charge on any atom is 0.221 e. The molecule has 0 bridgehead atoms. The molecule has 2 atom stereocenters. The van der Waals surface area contributed by atoms with E-state index in [1.165, 1.54) is 19.4 Å². The highest BCUT2D eigenvalue weighted by molar-refractivity contribution is 5.89. The van der Waals surface area contributed by atoms with Crippen LogP contribution in [0.4, 0.5) is 15.8 Å². The van der Waals surface area contributed by atoms with Crippen molar-refractivity contribution >= 4 is 17.3 Å². The van der Waals surface area contributed by atoms with Gasteiger partial charge in [0.05, 0.1) is 17.8 Å². The number of methoxy groups -OCH3 is 1. The van der Waals surface area contributed by atoms with Crippen molar-refractivity contribution in [1.29, 1.82) is 0 Å². The van der Waals surface area contributed by atoms with Crippen LogP contribution < -0.4 is 10.6 Å². The molecule has 0 spiro atoms. The lowest BCUT2D eigenvalue weighted by atomic mass is 9.92. The Hall–Kier alpha value is -1.62. The number of hydrogen-bond donors (Lipinski definition) is 2. The van der Waals surface area contributed by atoms with Gasteiger partial charge in [-0.3, -0.25) is 4.79 Å². The minimum atomic E-state index is -0.433. The van der Waals surface area contributed by atoms with E-state index in [0.29, 0.717) is 0 Å². The van der Waals surface area contributed by atoms with Gasteiger partial charge in [-0.1, -0.05) is 12.8 Å². The highest BCUT2D eigenvalue weighted by atomic mass is 19.1. The molecule has 4 nitrogen and oxygen atoms in total. The van der Waals surface area contributed by atoms with E-state index in [2.05, 4.69) is 10.6 Å². The van der Waals surface area contributed by atoms with Gasteiger partial charge in [-0.05, 0) is 31.0 Å². The molecule has 1 aromatic rings. The van der Waals surface area contributed by atoms with Crippen LogP contribution in [0, 0.1) is 5.82 Å². The van der Waals surface area contributed by atoms with Crippen LogP contribution in [0.1, 0.15) is 32.6 Å². The monoisotopic (exact) mass is 280 g/mol. The van der Waals surface area contributed by atoms with E-state index in [1.807, 2.05) is 0 Å². The molecule has 2 unspecified atom stereocenters. The fraction of sp³-hybridized carbons (Fsp3) is 0.533. The van der Waals surface area contributed by atoms with Gasteiger partial charge < -0.3 is 15.4 Å². The molecule has 1 aliphatic carbocycles. The van der Waals surface area contributed by atoms with Crippen molar-refractivity contribution in [3.63, 3.8) is 0 Å². The standard InChI is InChI=1S/C15H21FN2O2/c1-10(19)17-14-9-11(7-8-12(14)16)18-13-5-3-4-6-15(13)20-2/h7-9,13,15,18H,3-6H2,1-2H3,(H,17,19). The molecular weight excluding hydrogens is 259 g/mol. The Bertz CT molecular complexity index is 479. The van der Waals surface area contributed by atoms with Gasteiger partial charge in [0.25, 0.3) is 0 Å². The molecule has 1 aliphatic rings. The van der Waals surface area contributed by atoms with Gasteiger partial charge in [0, 0.05) is 19.7 Å². The third kappa shape index (κ3) is 3.70. The molecule has 1 saturated carbocycles. The minimum Gasteiger partial charge on any atom is -0.380 e. The molecule has 5 heteroatoms. The van der Waals surface area contributed by atoms with E-state index >= 15 is 0 Å². The first-order valence-corrected chi connectivity index (χ1v) is 6.96. The van der Waals surface area contributed by atoms with Gasteiger partial charge >= 0.3 is 0 Å². The van der Waals surface area contributed by atoms with Crippen molar-refractivity contribution in [2.45, 2.75) is 44.8 Å². The predicted octanol–water partition coefficient (Wildman–Crippen LogP) is 3.15. The Balaban J connectivity index is 2.10. The number of ether oxygens (including phenoxy) is 1. The zero-order valence-corrected chi connectivity index (χ0v) is 11.9. The lowest BCUT2D eigenvalue weighted by Crippen LogP contribution is -2.37. The molecule has 1 amide bonds. The molecule has 2 rings (SSSR count). The van der Waals surface area contributed by atoms with Crippen LogP contribution in [0.5, 0.6) is 0 Å². The lowest BCUT2D eigenvalue weighted by Gasteiger charge is -2.32. The topological polar surface area (TPSA) is 50.4 Å². The van der Waals surface area contributed by atoms with E-state index in [4.69, 9.17) is 4.74 Å². The van der Waals surface area contributed by atoms with Gasteiger partial charge in [0.1, 0.15) is 5.82 Å². The molecule has 0 radical (unpaired) electrons. The highest BCUT2D eigenvalue weighted by Crippen LogP contribution is 2.26. The summed E-state index contributed by atoms with van der Waals surface area (Å²) in [6, 6.07) is 4.89.